The Balaban J connectivity index is 2.21. The van der Waals surface area contributed by atoms with E-state index >= 15 is 0 Å². The molecule has 6 heteroatoms. The largest absolute Gasteiger partial charge is 0.490 e. The van der Waals surface area contributed by atoms with Gasteiger partial charge in [0.2, 0.25) is 0 Å². The highest BCUT2D eigenvalue weighted by Gasteiger charge is 2.18. The van der Waals surface area contributed by atoms with Gasteiger partial charge in [-0.05, 0) is 50.1 Å². The number of benzene rings is 2. The number of rotatable bonds is 7. The van der Waals surface area contributed by atoms with Gasteiger partial charge in [0.25, 0.3) is 5.91 Å². The zero-order valence-corrected chi connectivity index (χ0v) is 16.3. The number of ether oxygens (including phenoxy) is 1. The fraction of sp³-hybridized carbons (Fsp3) is 0.350. The molecule has 0 unspecified atom stereocenters. The lowest BCUT2D eigenvalue weighted by Gasteiger charge is -2.19. The number of para-hydroxylation sites is 1. The van der Waals surface area contributed by atoms with Crippen LogP contribution in [-0.2, 0) is 9.84 Å². The molecule has 0 saturated carbocycles. The molecule has 140 valence electrons. The van der Waals surface area contributed by atoms with Gasteiger partial charge in [-0.1, -0.05) is 31.2 Å². The number of carbonyl (C=O) groups is 1. The first-order chi connectivity index (χ1) is 12.2. The molecule has 2 aromatic rings. The van der Waals surface area contributed by atoms with E-state index < -0.39 is 9.84 Å². The van der Waals surface area contributed by atoms with Crippen molar-refractivity contribution in [3.8, 4) is 5.75 Å². The lowest BCUT2D eigenvalue weighted by atomic mass is 10.0. The Morgan fingerprint density at radius 3 is 2.23 bits per heavy atom. The summed E-state index contributed by atoms with van der Waals surface area (Å²) in [6, 6.07) is 13.5. The van der Waals surface area contributed by atoms with Crippen LogP contribution in [0.4, 0.5) is 0 Å². The summed E-state index contributed by atoms with van der Waals surface area (Å²) in [5.41, 5.74) is 1.34. The van der Waals surface area contributed by atoms with Crippen LogP contribution < -0.4 is 10.1 Å². The molecule has 0 spiro atoms. The third-order valence-electron chi connectivity index (χ3n) is 3.92. The highest BCUT2D eigenvalue weighted by Crippen LogP contribution is 2.23. The minimum absolute atomic E-state index is 0.0329. The van der Waals surface area contributed by atoms with E-state index in [9.17, 15) is 13.2 Å². The van der Waals surface area contributed by atoms with Crippen molar-refractivity contribution < 1.29 is 17.9 Å². The maximum atomic E-state index is 12.7. The first-order valence-electron chi connectivity index (χ1n) is 8.59. The number of hydrogen-bond donors (Lipinski definition) is 1. The number of nitrogens with one attached hydrogen (secondary N) is 1. The molecule has 5 nitrogen and oxygen atoms in total. The van der Waals surface area contributed by atoms with Crippen molar-refractivity contribution in [3.63, 3.8) is 0 Å². The molecule has 1 amide bonds. The fourth-order valence-electron chi connectivity index (χ4n) is 2.62. The van der Waals surface area contributed by atoms with E-state index in [0.717, 1.165) is 5.56 Å². The molecule has 0 heterocycles. The van der Waals surface area contributed by atoms with Crippen molar-refractivity contribution in [2.75, 3.05) is 6.26 Å². The average Bonchev–Trinajstić information content (AvgIpc) is 2.59. The second-order valence-electron chi connectivity index (χ2n) is 6.44. The Kier molecular flexibility index (Phi) is 6.42. The van der Waals surface area contributed by atoms with Crippen LogP contribution in [0.3, 0.4) is 0 Å². The van der Waals surface area contributed by atoms with Gasteiger partial charge in [0.05, 0.1) is 22.6 Å². The van der Waals surface area contributed by atoms with Gasteiger partial charge < -0.3 is 10.1 Å². The van der Waals surface area contributed by atoms with Gasteiger partial charge in [0.1, 0.15) is 5.75 Å². The van der Waals surface area contributed by atoms with Gasteiger partial charge in [0.15, 0.2) is 9.84 Å². The Hall–Kier alpha value is -2.34. The third kappa shape index (κ3) is 5.08. The number of carbonyl (C=O) groups excluding carboxylic acids is 1. The molecule has 0 aliphatic carbocycles. The minimum Gasteiger partial charge on any atom is -0.490 e. The van der Waals surface area contributed by atoms with Gasteiger partial charge in [-0.3, -0.25) is 4.79 Å². The second kappa shape index (κ2) is 8.36. The molecule has 0 aliphatic rings. The number of amides is 1. The quantitative estimate of drug-likeness (QED) is 0.800. The molecule has 26 heavy (non-hydrogen) atoms. The monoisotopic (exact) mass is 375 g/mol. The molecule has 0 fully saturated rings. The summed E-state index contributed by atoms with van der Waals surface area (Å²) in [5, 5.41) is 3.00. The molecule has 0 aliphatic heterocycles. The van der Waals surface area contributed by atoms with Crippen LogP contribution in [0.25, 0.3) is 0 Å². The molecule has 1 atom stereocenters. The van der Waals surface area contributed by atoms with Crippen LogP contribution in [0.15, 0.2) is 53.4 Å². The van der Waals surface area contributed by atoms with Crippen LogP contribution in [0.2, 0.25) is 0 Å². The van der Waals surface area contributed by atoms with Crippen molar-refractivity contribution in [2.24, 2.45) is 0 Å². The van der Waals surface area contributed by atoms with E-state index in [2.05, 4.69) is 5.32 Å². The summed E-state index contributed by atoms with van der Waals surface area (Å²) in [7, 11) is -3.24. The van der Waals surface area contributed by atoms with Crippen molar-refractivity contribution in [1.29, 1.82) is 0 Å². The Morgan fingerprint density at radius 2 is 1.69 bits per heavy atom. The van der Waals surface area contributed by atoms with E-state index in [1.807, 2.05) is 26.8 Å². The van der Waals surface area contributed by atoms with E-state index in [1.54, 1.807) is 42.5 Å². The lowest BCUT2D eigenvalue weighted by molar-refractivity contribution is 0.0929. The smallest absolute Gasteiger partial charge is 0.255 e. The molecule has 0 bridgehead atoms. The highest BCUT2D eigenvalue weighted by atomic mass is 32.2. The first-order valence-corrected chi connectivity index (χ1v) is 10.5. The van der Waals surface area contributed by atoms with Gasteiger partial charge in [-0.2, -0.15) is 0 Å². The topological polar surface area (TPSA) is 72.5 Å². The summed E-state index contributed by atoms with van der Waals surface area (Å²) in [4.78, 5) is 13.0. The van der Waals surface area contributed by atoms with Crippen molar-refractivity contribution >= 4 is 15.7 Å². The van der Waals surface area contributed by atoms with Gasteiger partial charge >= 0.3 is 0 Å². The molecule has 0 saturated heterocycles. The summed E-state index contributed by atoms with van der Waals surface area (Å²) < 4.78 is 28.9. The van der Waals surface area contributed by atoms with Gasteiger partial charge in [-0.25, -0.2) is 8.42 Å². The minimum atomic E-state index is -3.24. The van der Waals surface area contributed by atoms with Crippen LogP contribution in [0, 0.1) is 0 Å². The summed E-state index contributed by atoms with van der Waals surface area (Å²) >= 11 is 0. The zero-order valence-electron chi connectivity index (χ0n) is 15.5. The standard InChI is InChI=1S/C20H25NO4S/c1-5-18(15-10-12-16(13-11-15)26(4,23)24)21-20(22)17-8-6-7-9-19(17)25-14(2)3/h6-14,18H,5H2,1-4H3,(H,21,22)/t18-/m0/s1. The Morgan fingerprint density at radius 1 is 1.08 bits per heavy atom. The maximum Gasteiger partial charge on any atom is 0.255 e. The van der Waals surface area contributed by atoms with E-state index in [-0.39, 0.29) is 22.9 Å². The number of sulfone groups is 1. The predicted molar refractivity (Wildman–Crippen MR) is 102 cm³/mol. The van der Waals surface area contributed by atoms with Crippen LogP contribution in [0.5, 0.6) is 5.75 Å². The molecule has 1 N–H and O–H groups in total. The van der Waals surface area contributed by atoms with Gasteiger partial charge in [0, 0.05) is 6.26 Å². The lowest BCUT2D eigenvalue weighted by Crippen LogP contribution is -2.28. The van der Waals surface area contributed by atoms with Crippen molar-refractivity contribution in [1.82, 2.24) is 5.32 Å². The normalized spacial score (nSPS) is 12.7. The highest BCUT2D eigenvalue weighted by molar-refractivity contribution is 7.90. The third-order valence-corrected chi connectivity index (χ3v) is 5.05. The molecule has 2 aromatic carbocycles. The van der Waals surface area contributed by atoms with Gasteiger partial charge in [-0.15, -0.1) is 0 Å². The molecule has 2 rings (SSSR count). The van der Waals surface area contributed by atoms with E-state index in [0.29, 0.717) is 17.7 Å². The molecule has 0 radical (unpaired) electrons. The van der Waals surface area contributed by atoms with Crippen LogP contribution in [-0.4, -0.2) is 26.7 Å². The molecule has 0 aromatic heterocycles. The maximum absolute atomic E-state index is 12.7. The average molecular weight is 375 g/mol. The molecular weight excluding hydrogens is 350 g/mol. The summed E-state index contributed by atoms with van der Waals surface area (Å²) in [6.45, 7) is 5.78. The Labute approximate surface area is 155 Å². The van der Waals surface area contributed by atoms with E-state index in [4.69, 9.17) is 4.74 Å². The van der Waals surface area contributed by atoms with Crippen LogP contribution >= 0.6 is 0 Å². The predicted octanol–water partition coefficient (Wildman–Crippen LogP) is 3.76. The SMILES string of the molecule is CC[C@H](NC(=O)c1ccccc1OC(C)C)c1ccc(S(C)(=O)=O)cc1. The van der Waals surface area contributed by atoms with Crippen molar-refractivity contribution in [3.05, 3.63) is 59.7 Å². The fourth-order valence-corrected chi connectivity index (χ4v) is 3.25. The summed E-state index contributed by atoms with van der Waals surface area (Å²) in [6.07, 6.45) is 1.82. The number of hydrogen-bond acceptors (Lipinski definition) is 4. The molecular formula is C20H25NO4S. The van der Waals surface area contributed by atoms with Crippen molar-refractivity contribution in [2.45, 2.75) is 44.2 Å². The Bertz CT molecular complexity index is 858. The first kappa shape index (κ1) is 20.0. The van der Waals surface area contributed by atoms with E-state index in [1.165, 1.54) is 6.26 Å². The summed E-state index contributed by atoms with van der Waals surface area (Å²) in [5.74, 6) is 0.322. The zero-order chi connectivity index (χ0) is 19.3. The second-order valence-corrected chi connectivity index (χ2v) is 8.45. The van der Waals surface area contributed by atoms with Crippen LogP contribution in [0.1, 0.15) is 49.2 Å².